The van der Waals surface area contributed by atoms with Crippen molar-refractivity contribution in [3.63, 3.8) is 0 Å². The molecule has 8 heteroatoms. The van der Waals surface area contributed by atoms with Crippen molar-refractivity contribution in [2.75, 3.05) is 26.2 Å². The van der Waals surface area contributed by atoms with Crippen LogP contribution in [0.1, 0.15) is 25.7 Å². The molecule has 2 saturated heterocycles. The molecule has 0 radical (unpaired) electrons. The normalized spacial score (nSPS) is 20.6. The van der Waals surface area contributed by atoms with E-state index in [-0.39, 0.29) is 12.2 Å². The van der Waals surface area contributed by atoms with E-state index in [2.05, 4.69) is 15.8 Å². The molecule has 0 aromatic rings. The van der Waals surface area contributed by atoms with Gasteiger partial charge in [0.1, 0.15) is 12.2 Å². The summed E-state index contributed by atoms with van der Waals surface area (Å²) in [7, 11) is 0. The van der Waals surface area contributed by atoms with E-state index in [4.69, 9.17) is 14.7 Å². The Labute approximate surface area is 122 Å². The average Bonchev–Trinajstić information content (AvgIpc) is 2.50. The monoisotopic (exact) mass is 299 g/mol. The molecule has 8 nitrogen and oxygen atoms in total. The first-order valence-corrected chi connectivity index (χ1v) is 7.26. The van der Waals surface area contributed by atoms with Crippen LogP contribution in [0.3, 0.4) is 0 Å². The molecule has 0 aliphatic carbocycles. The van der Waals surface area contributed by atoms with Crippen LogP contribution < -0.4 is 10.6 Å². The highest BCUT2D eigenvalue weighted by molar-refractivity contribution is 6.62. The van der Waals surface area contributed by atoms with Crippen molar-refractivity contribution >= 4 is 17.7 Å². The number of carbonyl (C=O) groups excluding carboxylic acids is 2. The number of rotatable bonds is 4. The van der Waals surface area contributed by atoms with E-state index in [1.165, 1.54) is 0 Å². The molecule has 0 aromatic heterocycles. The van der Waals surface area contributed by atoms with Gasteiger partial charge in [-0.1, -0.05) is 5.16 Å². The zero-order valence-corrected chi connectivity index (χ0v) is 11.8. The number of ether oxygens (including phenoxy) is 2. The molecule has 0 aromatic carbocycles. The van der Waals surface area contributed by atoms with Crippen molar-refractivity contribution in [2.24, 2.45) is 5.16 Å². The van der Waals surface area contributed by atoms with Crippen molar-refractivity contribution in [1.29, 1.82) is 0 Å². The molecule has 0 unspecified atom stereocenters. The zero-order valence-electron chi connectivity index (χ0n) is 11.8. The lowest BCUT2D eigenvalue weighted by Gasteiger charge is -2.24. The first-order chi connectivity index (χ1) is 10.2. The summed E-state index contributed by atoms with van der Waals surface area (Å²) in [6.07, 6.45) is 2.17. The molecular weight excluding hydrogens is 278 g/mol. The van der Waals surface area contributed by atoms with E-state index >= 15 is 0 Å². The van der Waals surface area contributed by atoms with E-state index in [1.807, 2.05) is 0 Å². The number of nitrogens with one attached hydrogen (secondary N) is 2. The summed E-state index contributed by atoms with van der Waals surface area (Å²) in [5.41, 5.74) is -0.688. The van der Waals surface area contributed by atoms with Crippen LogP contribution in [-0.4, -0.2) is 61.2 Å². The number of nitrogens with zero attached hydrogens (tertiary/aromatic N) is 1. The van der Waals surface area contributed by atoms with E-state index in [0.29, 0.717) is 25.7 Å². The summed E-state index contributed by atoms with van der Waals surface area (Å²) in [5.74, 6) is -1.85. The molecule has 118 valence electrons. The Bertz CT molecular complexity index is 367. The highest BCUT2D eigenvalue weighted by atomic mass is 16.6. The highest BCUT2D eigenvalue weighted by Gasteiger charge is 2.30. The topological polar surface area (TPSA) is 109 Å². The first-order valence-electron chi connectivity index (χ1n) is 7.26. The van der Waals surface area contributed by atoms with E-state index in [0.717, 1.165) is 26.2 Å². The Morgan fingerprint density at radius 1 is 0.857 bits per heavy atom. The minimum Gasteiger partial charge on any atom is -0.457 e. The van der Waals surface area contributed by atoms with Crippen molar-refractivity contribution in [3.8, 4) is 0 Å². The van der Waals surface area contributed by atoms with Crippen LogP contribution in [0.15, 0.2) is 5.16 Å². The van der Waals surface area contributed by atoms with Gasteiger partial charge in [-0.15, -0.1) is 0 Å². The number of piperidine rings is 2. The molecule has 21 heavy (non-hydrogen) atoms. The Morgan fingerprint density at radius 2 is 1.24 bits per heavy atom. The fourth-order valence-corrected chi connectivity index (χ4v) is 2.41. The summed E-state index contributed by atoms with van der Waals surface area (Å²) in [6, 6.07) is 0. The molecule has 2 aliphatic heterocycles. The number of oxime groups is 1. The standard InChI is InChI=1S/C13H21N3O5/c17-12(20-9-1-5-14-6-2-9)11(16-19)13(18)21-10-3-7-15-8-4-10/h9-10,14-15,19H,1-8H2. The highest BCUT2D eigenvalue weighted by Crippen LogP contribution is 2.10. The van der Waals surface area contributed by atoms with Gasteiger partial charge in [-0.25, -0.2) is 9.59 Å². The van der Waals surface area contributed by atoms with E-state index in [1.54, 1.807) is 0 Å². The first kappa shape index (κ1) is 15.7. The zero-order chi connectivity index (χ0) is 15.1. The van der Waals surface area contributed by atoms with Crippen molar-refractivity contribution < 1.29 is 24.3 Å². The molecule has 2 rings (SSSR count). The third-order valence-electron chi connectivity index (χ3n) is 3.61. The van der Waals surface area contributed by atoms with Gasteiger partial charge in [-0.05, 0) is 51.9 Å². The van der Waals surface area contributed by atoms with Gasteiger partial charge in [-0.3, -0.25) is 0 Å². The van der Waals surface area contributed by atoms with Crippen LogP contribution in [0.4, 0.5) is 0 Å². The van der Waals surface area contributed by atoms with Gasteiger partial charge in [-0.2, -0.15) is 0 Å². The van der Waals surface area contributed by atoms with Crippen molar-refractivity contribution in [1.82, 2.24) is 10.6 Å². The fourth-order valence-electron chi connectivity index (χ4n) is 2.41. The van der Waals surface area contributed by atoms with E-state index < -0.39 is 17.7 Å². The third-order valence-corrected chi connectivity index (χ3v) is 3.61. The molecule has 2 aliphatic rings. The number of esters is 2. The Hall–Kier alpha value is -1.67. The summed E-state index contributed by atoms with van der Waals surface area (Å²) < 4.78 is 10.3. The van der Waals surface area contributed by atoms with Gasteiger partial charge in [0.25, 0.3) is 5.71 Å². The molecule has 0 bridgehead atoms. The average molecular weight is 299 g/mol. The lowest BCUT2D eigenvalue weighted by Crippen LogP contribution is -2.39. The minimum atomic E-state index is -0.927. The van der Waals surface area contributed by atoms with Crippen LogP contribution in [0.2, 0.25) is 0 Å². The lowest BCUT2D eigenvalue weighted by molar-refractivity contribution is -0.147. The van der Waals surface area contributed by atoms with Crippen LogP contribution in [0.25, 0.3) is 0 Å². The van der Waals surface area contributed by atoms with Gasteiger partial charge >= 0.3 is 11.9 Å². The van der Waals surface area contributed by atoms with Crippen molar-refractivity contribution in [2.45, 2.75) is 37.9 Å². The largest absolute Gasteiger partial charge is 0.457 e. The summed E-state index contributed by atoms with van der Waals surface area (Å²) in [6.45, 7) is 3.01. The predicted molar refractivity (Wildman–Crippen MR) is 73.2 cm³/mol. The summed E-state index contributed by atoms with van der Waals surface area (Å²) >= 11 is 0. The molecule has 0 spiro atoms. The molecule has 3 N–H and O–H groups in total. The molecule has 2 fully saturated rings. The van der Waals surface area contributed by atoms with Crippen LogP contribution in [0.5, 0.6) is 0 Å². The van der Waals surface area contributed by atoms with Gasteiger partial charge in [0, 0.05) is 0 Å². The maximum Gasteiger partial charge on any atom is 0.368 e. The second-order valence-corrected chi connectivity index (χ2v) is 5.16. The summed E-state index contributed by atoms with van der Waals surface area (Å²) in [4.78, 5) is 23.8. The van der Waals surface area contributed by atoms with Gasteiger partial charge in [0.2, 0.25) is 0 Å². The quantitative estimate of drug-likeness (QED) is 0.209. The second-order valence-electron chi connectivity index (χ2n) is 5.16. The Kier molecular flexibility index (Phi) is 5.94. The number of hydrogen-bond donors (Lipinski definition) is 3. The van der Waals surface area contributed by atoms with Crippen LogP contribution in [0, 0.1) is 0 Å². The van der Waals surface area contributed by atoms with Crippen LogP contribution >= 0.6 is 0 Å². The third kappa shape index (κ3) is 4.68. The Morgan fingerprint density at radius 3 is 1.57 bits per heavy atom. The number of hydrogen-bond acceptors (Lipinski definition) is 8. The fraction of sp³-hybridized carbons (Fsp3) is 0.769. The minimum absolute atomic E-state index is 0.262. The second kappa shape index (κ2) is 7.94. The van der Waals surface area contributed by atoms with Gasteiger partial charge in [0.05, 0.1) is 0 Å². The van der Waals surface area contributed by atoms with Gasteiger partial charge in [0.15, 0.2) is 0 Å². The maximum atomic E-state index is 11.9. The molecular formula is C13H21N3O5. The predicted octanol–water partition coefficient (Wildman–Crippen LogP) is -0.593. The lowest BCUT2D eigenvalue weighted by atomic mass is 10.1. The van der Waals surface area contributed by atoms with Gasteiger partial charge < -0.3 is 25.3 Å². The molecule has 2 heterocycles. The smallest absolute Gasteiger partial charge is 0.368 e. The Balaban J connectivity index is 1.85. The molecule has 0 atom stereocenters. The molecule has 0 saturated carbocycles. The van der Waals surface area contributed by atoms with Crippen molar-refractivity contribution in [3.05, 3.63) is 0 Å². The maximum absolute atomic E-state index is 11.9. The molecule has 0 amide bonds. The van der Waals surface area contributed by atoms with Crippen LogP contribution in [-0.2, 0) is 19.1 Å². The van der Waals surface area contributed by atoms with E-state index in [9.17, 15) is 9.59 Å². The summed E-state index contributed by atoms with van der Waals surface area (Å²) in [5, 5.41) is 17.9. The SMILES string of the molecule is O=C(OC1CCNCC1)C(=NO)C(=O)OC1CCNCC1. The number of carbonyl (C=O) groups is 2.